The Labute approximate surface area is 208 Å². The van der Waals surface area contributed by atoms with Crippen LogP contribution < -0.4 is 4.90 Å². The number of fused-ring (bicyclic) bond motifs is 2. The Bertz CT molecular complexity index is 1720. The summed E-state index contributed by atoms with van der Waals surface area (Å²) in [7, 11) is 0. The van der Waals surface area contributed by atoms with Crippen LogP contribution >= 0.6 is 0 Å². The third kappa shape index (κ3) is 3.66. The number of oxazole rings is 1. The molecule has 9 heteroatoms. The smallest absolute Gasteiger partial charge is 0.269 e. The Hall–Kier alpha value is -5.44. The molecule has 1 aromatic heterocycles. The lowest BCUT2D eigenvalue weighted by Crippen LogP contribution is -2.29. The zero-order valence-electron chi connectivity index (χ0n) is 19.0. The van der Waals surface area contributed by atoms with Crippen molar-refractivity contribution in [1.82, 2.24) is 4.98 Å². The molecular formula is C28H15N3O6. The van der Waals surface area contributed by atoms with Gasteiger partial charge in [0.2, 0.25) is 5.89 Å². The first kappa shape index (κ1) is 22.1. The fraction of sp³-hybridized carbons (Fsp3) is 0. The number of anilines is 1. The van der Waals surface area contributed by atoms with Gasteiger partial charge in [-0.1, -0.05) is 18.2 Å². The van der Waals surface area contributed by atoms with Crippen molar-refractivity contribution in [1.29, 1.82) is 0 Å². The minimum absolute atomic E-state index is 0.112. The number of nitro groups is 1. The molecule has 6 rings (SSSR count). The van der Waals surface area contributed by atoms with Gasteiger partial charge in [-0.2, -0.15) is 0 Å². The lowest BCUT2D eigenvalue weighted by molar-refractivity contribution is -0.384. The van der Waals surface area contributed by atoms with Gasteiger partial charge in [0, 0.05) is 28.8 Å². The summed E-state index contributed by atoms with van der Waals surface area (Å²) >= 11 is 0. The van der Waals surface area contributed by atoms with Crippen molar-refractivity contribution >= 4 is 40.1 Å². The molecule has 4 aromatic carbocycles. The Morgan fingerprint density at radius 1 is 0.811 bits per heavy atom. The van der Waals surface area contributed by atoms with Gasteiger partial charge in [-0.15, -0.1) is 0 Å². The van der Waals surface area contributed by atoms with E-state index in [-0.39, 0.29) is 27.9 Å². The first-order chi connectivity index (χ1) is 17.9. The van der Waals surface area contributed by atoms with Crippen molar-refractivity contribution in [2.45, 2.75) is 0 Å². The highest BCUT2D eigenvalue weighted by atomic mass is 16.6. The van der Waals surface area contributed by atoms with E-state index in [1.165, 1.54) is 42.5 Å². The van der Waals surface area contributed by atoms with Crippen molar-refractivity contribution < 1.29 is 23.7 Å². The van der Waals surface area contributed by atoms with Crippen molar-refractivity contribution in [2.24, 2.45) is 0 Å². The van der Waals surface area contributed by atoms with Crippen LogP contribution in [0.3, 0.4) is 0 Å². The molecular weight excluding hydrogens is 474 g/mol. The maximum absolute atomic E-state index is 13.2. The number of hydrogen-bond acceptors (Lipinski definition) is 7. The number of amides is 2. The third-order valence-corrected chi connectivity index (χ3v) is 6.16. The monoisotopic (exact) mass is 489 g/mol. The number of imide groups is 1. The molecule has 9 nitrogen and oxygen atoms in total. The standard InChI is InChI=1S/C28H15N3O6/c32-25(16-5-12-20(13-6-16)31(35)36)18-9-14-21-22(15-18)28(34)30(27(21)33)19-10-7-17(8-11-19)26-29-23-3-1-2-4-24(23)37-26/h1-15H. The van der Waals surface area contributed by atoms with E-state index < -0.39 is 22.5 Å². The van der Waals surface area contributed by atoms with Crippen LogP contribution in [-0.4, -0.2) is 27.5 Å². The van der Waals surface area contributed by atoms with Gasteiger partial charge < -0.3 is 4.42 Å². The molecule has 0 saturated heterocycles. The Kier molecular flexibility index (Phi) is 4.97. The number of rotatable bonds is 5. The van der Waals surface area contributed by atoms with Gasteiger partial charge in [0.25, 0.3) is 17.5 Å². The van der Waals surface area contributed by atoms with Crippen molar-refractivity contribution in [3.63, 3.8) is 0 Å². The van der Waals surface area contributed by atoms with E-state index in [0.29, 0.717) is 22.7 Å². The first-order valence-electron chi connectivity index (χ1n) is 11.2. The van der Waals surface area contributed by atoms with Gasteiger partial charge in [0.15, 0.2) is 11.4 Å². The SMILES string of the molecule is O=C(c1ccc([N+](=O)[O-])cc1)c1ccc2c(c1)C(=O)N(c1ccc(-c3nc4ccccc4o3)cc1)C2=O. The molecule has 2 heterocycles. The van der Waals surface area contributed by atoms with Gasteiger partial charge in [0.1, 0.15) is 5.52 Å². The Morgan fingerprint density at radius 2 is 1.49 bits per heavy atom. The molecule has 5 aromatic rings. The minimum atomic E-state index is -0.553. The van der Waals surface area contributed by atoms with Gasteiger partial charge in [-0.25, -0.2) is 9.88 Å². The zero-order valence-corrected chi connectivity index (χ0v) is 19.0. The van der Waals surface area contributed by atoms with E-state index in [1.54, 1.807) is 24.3 Å². The maximum Gasteiger partial charge on any atom is 0.269 e. The summed E-state index contributed by atoms with van der Waals surface area (Å²) in [4.78, 5) is 55.0. The van der Waals surface area contributed by atoms with Gasteiger partial charge in [-0.3, -0.25) is 24.5 Å². The second kappa shape index (κ2) is 8.35. The lowest BCUT2D eigenvalue weighted by Gasteiger charge is -2.13. The highest BCUT2D eigenvalue weighted by Crippen LogP contribution is 2.32. The van der Waals surface area contributed by atoms with Crippen LogP contribution in [0.15, 0.2) is 95.4 Å². The number of benzene rings is 4. The summed E-state index contributed by atoms with van der Waals surface area (Å²) in [5.74, 6) is -1.04. The summed E-state index contributed by atoms with van der Waals surface area (Å²) in [5.41, 5.74) is 3.03. The van der Waals surface area contributed by atoms with Crippen LogP contribution in [-0.2, 0) is 0 Å². The van der Waals surface area contributed by atoms with Crippen molar-refractivity contribution in [2.75, 3.05) is 4.90 Å². The van der Waals surface area contributed by atoms with E-state index in [4.69, 9.17) is 4.42 Å². The van der Waals surface area contributed by atoms with Crippen LogP contribution in [0.1, 0.15) is 36.6 Å². The molecule has 0 radical (unpaired) electrons. The van der Waals surface area contributed by atoms with E-state index in [0.717, 1.165) is 10.4 Å². The normalized spacial score (nSPS) is 12.7. The first-order valence-corrected chi connectivity index (χ1v) is 11.2. The summed E-state index contributed by atoms with van der Waals surface area (Å²) in [6, 6.07) is 23.6. The number of carbonyl (C=O) groups is 3. The van der Waals surface area contributed by atoms with Crippen molar-refractivity contribution in [3.05, 3.63) is 123 Å². The van der Waals surface area contributed by atoms with Crippen molar-refractivity contribution in [3.8, 4) is 11.5 Å². The van der Waals surface area contributed by atoms with Crippen LogP contribution in [0.5, 0.6) is 0 Å². The lowest BCUT2D eigenvalue weighted by atomic mass is 9.99. The van der Waals surface area contributed by atoms with Crippen LogP contribution in [0.25, 0.3) is 22.6 Å². The second-order valence-electron chi connectivity index (χ2n) is 8.37. The largest absolute Gasteiger partial charge is 0.436 e. The Balaban J connectivity index is 1.27. The van der Waals surface area contributed by atoms with E-state index in [9.17, 15) is 24.5 Å². The maximum atomic E-state index is 13.2. The number of nitro benzene ring substituents is 1. The average molecular weight is 489 g/mol. The number of aromatic nitrogens is 1. The molecule has 178 valence electrons. The molecule has 0 bridgehead atoms. The molecule has 0 unspecified atom stereocenters. The van der Waals surface area contributed by atoms with Gasteiger partial charge in [-0.05, 0) is 60.7 Å². The summed E-state index contributed by atoms with van der Waals surface area (Å²) in [6.07, 6.45) is 0. The fourth-order valence-corrected chi connectivity index (χ4v) is 4.27. The minimum Gasteiger partial charge on any atom is -0.436 e. The van der Waals surface area contributed by atoms with E-state index in [2.05, 4.69) is 4.98 Å². The number of non-ortho nitro benzene ring substituents is 1. The fourth-order valence-electron chi connectivity index (χ4n) is 4.27. The van der Waals surface area contributed by atoms with E-state index in [1.807, 2.05) is 24.3 Å². The number of para-hydroxylation sites is 2. The molecule has 1 aliphatic rings. The molecule has 0 N–H and O–H groups in total. The quantitative estimate of drug-likeness (QED) is 0.139. The molecule has 0 aliphatic carbocycles. The molecule has 0 spiro atoms. The zero-order chi connectivity index (χ0) is 25.7. The summed E-state index contributed by atoms with van der Waals surface area (Å²) in [5, 5.41) is 10.9. The summed E-state index contributed by atoms with van der Waals surface area (Å²) < 4.78 is 5.78. The number of hydrogen-bond donors (Lipinski definition) is 0. The predicted octanol–water partition coefficient (Wildman–Crippen LogP) is 5.43. The predicted molar refractivity (Wildman–Crippen MR) is 134 cm³/mol. The van der Waals surface area contributed by atoms with E-state index >= 15 is 0 Å². The topological polar surface area (TPSA) is 124 Å². The van der Waals surface area contributed by atoms with Gasteiger partial charge >= 0.3 is 0 Å². The average Bonchev–Trinajstić information content (AvgIpc) is 3.47. The molecule has 2 amide bonds. The molecule has 1 aliphatic heterocycles. The second-order valence-corrected chi connectivity index (χ2v) is 8.37. The molecule has 0 saturated carbocycles. The number of ketones is 1. The molecule has 37 heavy (non-hydrogen) atoms. The number of carbonyl (C=O) groups excluding carboxylic acids is 3. The highest BCUT2D eigenvalue weighted by molar-refractivity contribution is 6.35. The molecule has 0 fully saturated rings. The Morgan fingerprint density at radius 3 is 2.19 bits per heavy atom. The van der Waals surface area contributed by atoms with Crippen LogP contribution in [0.2, 0.25) is 0 Å². The third-order valence-electron chi connectivity index (χ3n) is 6.16. The van der Waals surface area contributed by atoms with Gasteiger partial charge in [0.05, 0.1) is 21.7 Å². The van der Waals surface area contributed by atoms with Crippen LogP contribution in [0.4, 0.5) is 11.4 Å². The highest BCUT2D eigenvalue weighted by Gasteiger charge is 2.37. The molecule has 0 atom stereocenters. The van der Waals surface area contributed by atoms with Crippen LogP contribution in [0, 0.1) is 10.1 Å². The number of nitrogens with zero attached hydrogens (tertiary/aromatic N) is 3. The summed E-state index contributed by atoms with van der Waals surface area (Å²) in [6.45, 7) is 0.